The molecule has 1 aromatic heterocycles. The number of carbonyl (C=O) groups excluding carboxylic acids is 2. The third kappa shape index (κ3) is 2.70. The van der Waals surface area contributed by atoms with Crippen LogP contribution in [-0.2, 0) is 16.0 Å². The van der Waals surface area contributed by atoms with E-state index in [4.69, 9.17) is 4.74 Å². The molecule has 0 N–H and O–H groups in total. The van der Waals surface area contributed by atoms with Gasteiger partial charge >= 0.3 is 5.97 Å². The van der Waals surface area contributed by atoms with Crippen molar-refractivity contribution in [3.05, 3.63) is 59.9 Å². The molecule has 0 radical (unpaired) electrons. The van der Waals surface area contributed by atoms with Crippen LogP contribution in [-0.4, -0.2) is 29.5 Å². The minimum absolute atomic E-state index is 0.198. The standard InChI is InChI=1S/C17H16N2O3/c1-12(22-17(21)14-7-4-5-10-18-14)16(20)19-11-9-13-6-2-3-8-15(13)19/h2-8,10,12H,9,11H2,1H3/t12-/m1/s1. The Morgan fingerprint density at radius 2 is 1.95 bits per heavy atom. The molecular formula is C17H16N2O3. The molecule has 112 valence electrons. The third-order valence-corrected chi connectivity index (χ3v) is 3.66. The first-order valence-electron chi connectivity index (χ1n) is 7.18. The second kappa shape index (κ2) is 5.97. The first-order chi connectivity index (χ1) is 10.7. The van der Waals surface area contributed by atoms with Crippen LogP contribution in [0.1, 0.15) is 23.0 Å². The SMILES string of the molecule is C[C@@H](OC(=O)c1ccccn1)C(=O)N1CCc2ccccc21. The lowest BCUT2D eigenvalue weighted by Gasteiger charge is -2.21. The van der Waals surface area contributed by atoms with Crippen LogP contribution < -0.4 is 4.90 Å². The molecule has 3 rings (SSSR count). The van der Waals surface area contributed by atoms with Gasteiger partial charge in [0.05, 0.1) is 0 Å². The lowest BCUT2D eigenvalue weighted by atomic mass is 10.2. The number of para-hydroxylation sites is 1. The van der Waals surface area contributed by atoms with Gasteiger partial charge in [0.2, 0.25) is 0 Å². The fraction of sp³-hybridized carbons (Fsp3) is 0.235. The Morgan fingerprint density at radius 3 is 2.73 bits per heavy atom. The number of benzene rings is 1. The summed E-state index contributed by atoms with van der Waals surface area (Å²) in [4.78, 5) is 30.1. The van der Waals surface area contributed by atoms with Gasteiger partial charge < -0.3 is 9.64 Å². The number of anilines is 1. The molecule has 1 aromatic carbocycles. The molecule has 1 aliphatic heterocycles. The lowest BCUT2D eigenvalue weighted by molar-refractivity contribution is -0.126. The number of aromatic nitrogens is 1. The fourth-order valence-electron chi connectivity index (χ4n) is 2.54. The Morgan fingerprint density at radius 1 is 1.18 bits per heavy atom. The molecule has 2 heterocycles. The van der Waals surface area contributed by atoms with E-state index in [1.807, 2.05) is 24.3 Å². The summed E-state index contributed by atoms with van der Waals surface area (Å²) in [6.07, 6.45) is 1.49. The van der Waals surface area contributed by atoms with Crippen LogP contribution in [0.5, 0.6) is 0 Å². The van der Waals surface area contributed by atoms with Crippen LogP contribution in [0.3, 0.4) is 0 Å². The summed E-state index contributed by atoms with van der Waals surface area (Å²) in [5, 5.41) is 0. The van der Waals surface area contributed by atoms with Crippen molar-refractivity contribution in [2.45, 2.75) is 19.4 Å². The average molecular weight is 296 g/mol. The Bertz CT molecular complexity index is 700. The van der Waals surface area contributed by atoms with Crippen LogP contribution >= 0.6 is 0 Å². The largest absolute Gasteiger partial charge is 0.448 e. The summed E-state index contributed by atoms with van der Waals surface area (Å²) in [6, 6.07) is 12.7. The van der Waals surface area contributed by atoms with Crippen molar-refractivity contribution in [2.75, 3.05) is 11.4 Å². The predicted octanol–water partition coefficient (Wildman–Crippen LogP) is 2.22. The van der Waals surface area contributed by atoms with E-state index in [9.17, 15) is 9.59 Å². The summed E-state index contributed by atoms with van der Waals surface area (Å²) in [5.74, 6) is -0.803. The van der Waals surface area contributed by atoms with Gasteiger partial charge in [-0.1, -0.05) is 24.3 Å². The normalized spacial score (nSPS) is 14.3. The number of amides is 1. The first-order valence-corrected chi connectivity index (χ1v) is 7.18. The zero-order valence-electron chi connectivity index (χ0n) is 12.2. The average Bonchev–Trinajstić information content (AvgIpc) is 2.99. The topological polar surface area (TPSA) is 59.5 Å². The second-order valence-corrected chi connectivity index (χ2v) is 5.13. The lowest BCUT2D eigenvalue weighted by Crippen LogP contribution is -2.39. The molecule has 0 saturated carbocycles. The third-order valence-electron chi connectivity index (χ3n) is 3.66. The van der Waals surface area contributed by atoms with Crippen LogP contribution in [0.4, 0.5) is 5.69 Å². The highest BCUT2D eigenvalue weighted by atomic mass is 16.5. The van der Waals surface area contributed by atoms with E-state index in [2.05, 4.69) is 4.98 Å². The van der Waals surface area contributed by atoms with Crippen LogP contribution in [0, 0.1) is 0 Å². The number of carbonyl (C=O) groups is 2. The smallest absolute Gasteiger partial charge is 0.357 e. The van der Waals surface area contributed by atoms with Gasteiger partial charge in [0.25, 0.3) is 5.91 Å². The second-order valence-electron chi connectivity index (χ2n) is 5.13. The fourth-order valence-corrected chi connectivity index (χ4v) is 2.54. The molecule has 0 spiro atoms. The maximum Gasteiger partial charge on any atom is 0.357 e. The van der Waals surface area contributed by atoms with E-state index in [0.717, 1.165) is 17.7 Å². The van der Waals surface area contributed by atoms with Gasteiger partial charge in [-0.2, -0.15) is 0 Å². The van der Waals surface area contributed by atoms with Crippen LogP contribution in [0.15, 0.2) is 48.7 Å². The molecule has 1 atom stereocenters. The van der Waals surface area contributed by atoms with E-state index in [1.54, 1.807) is 30.0 Å². The van der Waals surface area contributed by atoms with E-state index >= 15 is 0 Å². The Labute approximate surface area is 128 Å². The maximum atomic E-state index is 12.5. The van der Waals surface area contributed by atoms with E-state index in [1.165, 1.54) is 6.20 Å². The van der Waals surface area contributed by atoms with Gasteiger partial charge in [0, 0.05) is 18.4 Å². The number of fused-ring (bicyclic) bond motifs is 1. The number of nitrogens with zero attached hydrogens (tertiary/aromatic N) is 2. The summed E-state index contributed by atoms with van der Waals surface area (Å²) < 4.78 is 5.23. The van der Waals surface area contributed by atoms with Gasteiger partial charge in [-0.15, -0.1) is 0 Å². The van der Waals surface area contributed by atoms with Crippen molar-refractivity contribution in [3.8, 4) is 0 Å². The highest BCUT2D eigenvalue weighted by Crippen LogP contribution is 2.28. The quantitative estimate of drug-likeness (QED) is 0.815. The Hall–Kier alpha value is -2.69. The highest BCUT2D eigenvalue weighted by Gasteiger charge is 2.30. The van der Waals surface area contributed by atoms with E-state index in [-0.39, 0.29) is 11.6 Å². The molecule has 0 fully saturated rings. The number of hydrogen-bond donors (Lipinski definition) is 0. The van der Waals surface area contributed by atoms with Crippen LogP contribution in [0.2, 0.25) is 0 Å². The highest BCUT2D eigenvalue weighted by molar-refractivity contribution is 6.00. The zero-order chi connectivity index (χ0) is 15.5. The zero-order valence-corrected chi connectivity index (χ0v) is 12.2. The van der Waals surface area contributed by atoms with Gasteiger partial charge in [0.15, 0.2) is 6.10 Å². The number of ether oxygens (including phenoxy) is 1. The van der Waals surface area contributed by atoms with Crippen molar-refractivity contribution in [2.24, 2.45) is 0 Å². The molecule has 5 nitrogen and oxygen atoms in total. The van der Waals surface area contributed by atoms with Gasteiger partial charge in [-0.3, -0.25) is 4.79 Å². The number of rotatable bonds is 3. The number of esters is 1. The summed E-state index contributed by atoms with van der Waals surface area (Å²) >= 11 is 0. The number of hydrogen-bond acceptors (Lipinski definition) is 4. The molecule has 1 amide bonds. The molecular weight excluding hydrogens is 280 g/mol. The van der Waals surface area contributed by atoms with E-state index < -0.39 is 12.1 Å². The van der Waals surface area contributed by atoms with Crippen molar-refractivity contribution in [1.29, 1.82) is 0 Å². The van der Waals surface area contributed by atoms with Crippen LogP contribution in [0.25, 0.3) is 0 Å². The summed E-state index contributed by atoms with van der Waals surface area (Å²) in [6.45, 7) is 2.20. The molecule has 0 aliphatic carbocycles. The molecule has 5 heteroatoms. The minimum atomic E-state index is -0.847. The Balaban J connectivity index is 1.70. The Kier molecular flexibility index (Phi) is 3.87. The summed E-state index contributed by atoms with van der Waals surface area (Å²) in [5.41, 5.74) is 2.23. The van der Waals surface area contributed by atoms with E-state index in [0.29, 0.717) is 6.54 Å². The van der Waals surface area contributed by atoms with Crippen molar-refractivity contribution < 1.29 is 14.3 Å². The van der Waals surface area contributed by atoms with Gasteiger partial charge in [0.1, 0.15) is 5.69 Å². The molecule has 2 aromatic rings. The van der Waals surface area contributed by atoms with Gasteiger partial charge in [-0.05, 0) is 37.1 Å². The first kappa shape index (κ1) is 14.3. The molecule has 0 bridgehead atoms. The van der Waals surface area contributed by atoms with Crippen molar-refractivity contribution >= 4 is 17.6 Å². The molecule has 1 aliphatic rings. The molecule has 0 saturated heterocycles. The maximum absolute atomic E-state index is 12.5. The molecule has 22 heavy (non-hydrogen) atoms. The molecule has 0 unspecified atom stereocenters. The monoisotopic (exact) mass is 296 g/mol. The summed E-state index contributed by atoms with van der Waals surface area (Å²) in [7, 11) is 0. The predicted molar refractivity (Wildman–Crippen MR) is 81.6 cm³/mol. The minimum Gasteiger partial charge on any atom is -0.448 e. The van der Waals surface area contributed by atoms with Gasteiger partial charge in [-0.25, -0.2) is 9.78 Å². The van der Waals surface area contributed by atoms with Crippen molar-refractivity contribution in [1.82, 2.24) is 4.98 Å². The van der Waals surface area contributed by atoms with Crippen molar-refractivity contribution in [3.63, 3.8) is 0 Å². The number of pyridine rings is 1.